The Morgan fingerprint density at radius 3 is 2.54 bits per heavy atom. The van der Waals surface area contributed by atoms with Crippen LogP contribution >= 0.6 is 11.6 Å². The molecule has 0 aliphatic carbocycles. The van der Waals surface area contributed by atoms with Crippen LogP contribution in [0.2, 0.25) is 5.02 Å². The monoisotopic (exact) mass is 416 g/mol. The minimum absolute atomic E-state index is 0.0165. The molecule has 0 bridgehead atoms. The Labute approximate surface area is 161 Å². The van der Waals surface area contributed by atoms with Crippen molar-refractivity contribution in [3.8, 4) is 0 Å². The topological polar surface area (TPSA) is 83.1 Å². The van der Waals surface area contributed by atoms with E-state index >= 15 is 0 Å². The smallest absolute Gasteiger partial charge is 0.342 e. The predicted octanol–water partition coefficient (Wildman–Crippen LogP) is 2.78. The number of urea groups is 1. The minimum atomic E-state index is -4.93. The minimum Gasteiger partial charge on any atom is -0.342 e. The van der Waals surface area contributed by atoms with E-state index in [1.165, 1.54) is 24.3 Å². The summed E-state index contributed by atoms with van der Waals surface area (Å²) in [4.78, 5) is 27.4. The van der Waals surface area contributed by atoms with Gasteiger partial charge in [0.2, 0.25) is 5.91 Å². The van der Waals surface area contributed by atoms with Crippen molar-refractivity contribution >= 4 is 23.5 Å². The van der Waals surface area contributed by atoms with Crippen LogP contribution < -0.4 is 16.0 Å². The third-order valence-corrected chi connectivity index (χ3v) is 4.31. The molecular weight excluding hydrogens is 404 g/mol. The molecule has 3 amide bonds. The zero-order chi connectivity index (χ0) is 20.5. The molecule has 1 aliphatic heterocycles. The lowest BCUT2D eigenvalue weighted by atomic mass is 10.0. The van der Waals surface area contributed by atoms with Crippen molar-refractivity contribution in [2.24, 2.45) is 0 Å². The molecule has 28 heavy (non-hydrogen) atoms. The summed E-state index contributed by atoms with van der Waals surface area (Å²) in [7, 11) is 0. The number of amides is 3. The van der Waals surface area contributed by atoms with Gasteiger partial charge in [0.05, 0.1) is 23.5 Å². The van der Waals surface area contributed by atoms with Gasteiger partial charge in [-0.3, -0.25) is 9.78 Å². The summed E-state index contributed by atoms with van der Waals surface area (Å²) in [6, 6.07) is 3.94. The molecule has 2 atom stereocenters. The molecule has 1 saturated heterocycles. The first-order valence-corrected chi connectivity index (χ1v) is 8.36. The average molecular weight is 417 g/mol. The molecule has 3 rings (SSSR count). The number of alkyl halides is 3. The molecule has 2 aromatic rings. The van der Waals surface area contributed by atoms with Gasteiger partial charge in [-0.25, -0.2) is 9.18 Å². The average Bonchev–Trinajstić information content (AvgIpc) is 3.07. The number of hydrogen-bond acceptors (Lipinski definition) is 3. The molecule has 2 heterocycles. The Kier molecular flexibility index (Phi) is 5.41. The van der Waals surface area contributed by atoms with Crippen LogP contribution in [0.5, 0.6) is 0 Å². The van der Waals surface area contributed by atoms with Gasteiger partial charge in [0.15, 0.2) is 5.82 Å². The zero-order valence-corrected chi connectivity index (χ0v) is 14.7. The van der Waals surface area contributed by atoms with Gasteiger partial charge < -0.3 is 16.0 Å². The second-order valence-electron chi connectivity index (χ2n) is 5.99. The standard InChI is InChI=1S/C17H13ClF4N4O2/c18-9-3-1-8(2-4-9)14(26-15(27)13-7-24-16(28)25-13)12-5-10(17(20,21)22)11(19)6-23-12/h1-6,13-14H,7H2,(H,26,27)(H2,24,25,28)/t13-,14-/m0/s1. The molecule has 0 unspecified atom stereocenters. The number of aromatic nitrogens is 1. The van der Waals surface area contributed by atoms with E-state index < -0.39 is 41.6 Å². The number of benzene rings is 1. The summed E-state index contributed by atoms with van der Waals surface area (Å²) in [6.07, 6.45) is -4.48. The third-order valence-electron chi connectivity index (χ3n) is 4.06. The summed E-state index contributed by atoms with van der Waals surface area (Å²) in [5.74, 6) is -2.16. The summed E-state index contributed by atoms with van der Waals surface area (Å²) in [5.41, 5.74) is -1.34. The second kappa shape index (κ2) is 7.63. The molecule has 1 aromatic carbocycles. The molecule has 3 N–H and O–H groups in total. The van der Waals surface area contributed by atoms with Crippen LogP contribution in [0.3, 0.4) is 0 Å². The number of pyridine rings is 1. The van der Waals surface area contributed by atoms with Gasteiger partial charge >= 0.3 is 12.2 Å². The molecule has 11 heteroatoms. The van der Waals surface area contributed by atoms with Crippen molar-refractivity contribution in [2.45, 2.75) is 18.3 Å². The fourth-order valence-corrected chi connectivity index (χ4v) is 2.80. The number of carbonyl (C=O) groups excluding carboxylic acids is 2. The van der Waals surface area contributed by atoms with Crippen LogP contribution in [-0.2, 0) is 11.0 Å². The lowest BCUT2D eigenvalue weighted by Crippen LogP contribution is -2.44. The van der Waals surface area contributed by atoms with E-state index in [-0.39, 0.29) is 12.2 Å². The van der Waals surface area contributed by atoms with Crippen LogP contribution in [0.25, 0.3) is 0 Å². The Morgan fingerprint density at radius 1 is 1.29 bits per heavy atom. The van der Waals surface area contributed by atoms with Gasteiger partial charge in [-0.1, -0.05) is 23.7 Å². The van der Waals surface area contributed by atoms with E-state index in [1.54, 1.807) is 0 Å². The van der Waals surface area contributed by atoms with Gasteiger partial charge in [-0.2, -0.15) is 13.2 Å². The number of nitrogens with zero attached hydrogens (tertiary/aromatic N) is 1. The zero-order valence-electron chi connectivity index (χ0n) is 14.0. The van der Waals surface area contributed by atoms with Crippen molar-refractivity contribution in [2.75, 3.05) is 6.54 Å². The quantitative estimate of drug-likeness (QED) is 0.670. The molecule has 0 radical (unpaired) electrons. The Balaban J connectivity index is 1.98. The van der Waals surface area contributed by atoms with E-state index in [1.807, 2.05) is 0 Å². The summed E-state index contributed by atoms with van der Waals surface area (Å²) in [6.45, 7) is 0.0165. The molecule has 1 aromatic heterocycles. The Morgan fingerprint density at radius 2 is 1.96 bits per heavy atom. The summed E-state index contributed by atoms with van der Waals surface area (Å²) >= 11 is 5.84. The molecular formula is C17H13ClF4N4O2. The SMILES string of the molecule is O=C1NC[C@@H](C(=O)N[C@@H](c2ccc(Cl)cc2)c2cc(C(F)(F)F)c(F)cn2)N1. The molecule has 148 valence electrons. The van der Waals surface area contributed by atoms with Crippen molar-refractivity contribution in [3.05, 3.63) is 64.2 Å². The fraction of sp³-hybridized carbons (Fsp3) is 0.235. The highest BCUT2D eigenvalue weighted by Gasteiger charge is 2.36. The normalized spacial score (nSPS) is 17.6. The number of nitrogens with one attached hydrogen (secondary N) is 3. The largest absolute Gasteiger partial charge is 0.419 e. The van der Waals surface area contributed by atoms with Gasteiger partial charge in [0, 0.05) is 11.6 Å². The van der Waals surface area contributed by atoms with Crippen LogP contribution in [0.1, 0.15) is 22.9 Å². The van der Waals surface area contributed by atoms with E-state index in [0.717, 1.165) is 0 Å². The maximum atomic E-state index is 13.6. The summed E-state index contributed by atoms with van der Waals surface area (Å²) < 4.78 is 52.8. The Bertz CT molecular complexity index is 905. The molecule has 6 nitrogen and oxygen atoms in total. The van der Waals surface area contributed by atoms with Crippen molar-refractivity contribution in [3.63, 3.8) is 0 Å². The van der Waals surface area contributed by atoms with E-state index in [9.17, 15) is 27.2 Å². The molecule has 0 spiro atoms. The lowest BCUT2D eigenvalue weighted by molar-refractivity contribution is -0.140. The second-order valence-corrected chi connectivity index (χ2v) is 6.42. The van der Waals surface area contributed by atoms with Crippen LogP contribution in [0.4, 0.5) is 22.4 Å². The number of halogens is 5. The van der Waals surface area contributed by atoms with E-state index in [2.05, 4.69) is 20.9 Å². The fourth-order valence-electron chi connectivity index (χ4n) is 2.67. The predicted molar refractivity (Wildman–Crippen MR) is 91.0 cm³/mol. The van der Waals surface area contributed by atoms with Crippen LogP contribution in [0.15, 0.2) is 36.5 Å². The summed E-state index contributed by atoms with van der Waals surface area (Å²) in [5, 5.41) is 7.70. The Hall–Kier alpha value is -2.88. The van der Waals surface area contributed by atoms with Crippen LogP contribution in [0, 0.1) is 5.82 Å². The van der Waals surface area contributed by atoms with Gasteiger partial charge in [-0.15, -0.1) is 0 Å². The highest BCUT2D eigenvalue weighted by atomic mass is 35.5. The van der Waals surface area contributed by atoms with E-state index in [0.29, 0.717) is 22.8 Å². The molecule has 1 aliphatic rings. The highest BCUT2D eigenvalue weighted by Crippen LogP contribution is 2.33. The first-order valence-electron chi connectivity index (χ1n) is 7.98. The first kappa shape index (κ1) is 19.9. The number of hydrogen-bond donors (Lipinski definition) is 3. The van der Waals surface area contributed by atoms with Crippen LogP contribution in [-0.4, -0.2) is 29.5 Å². The number of rotatable bonds is 4. The van der Waals surface area contributed by atoms with E-state index in [4.69, 9.17) is 11.6 Å². The van der Waals surface area contributed by atoms with Crippen molar-refractivity contribution < 1.29 is 27.2 Å². The van der Waals surface area contributed by atoms with Gasteiger partial charge in [0.1, 0.15) is 6.04 Å². The third kappa shape index (κ3) is 4.33. The molecule has 0 saturated carbocycles. The van der Waals surface area contributed by atoms with Gasteiger partial charge in [0.25, 0.3) is 0 Å². The lowest BCUT2D eigenvalue weighted by Gasteiger charge is -2.22. The van der Waals surface area contributed by atoms with Crippen molar-refractivity contribution in [1.82, 2.24) is 20.9 Å². The maximum Gasteiger partial charge on any atom is 0.419 e. The first-order chi connectivity index (χ1) is 13.1. The van der Waals surface area contributed by atoms with Crippen molar-refractivity contribution in [1.29, 1.82) is 0 Å². The number of carbonyl (C=O) groups is 2. The maximum absolute atomic E-state index is 13.6. The molecule has 1 fully saturated rings. The highest BCUT2D eigenvalue weighted by molar-refractivity contribution is 6.30. The van der Waals surface area contributed by atoms with Gasteiger partial charge in [-0.05, 0) is 23.8 Å².